The number of piperidine rings is 3. The van der Waals surface area contributed by atoms with Crippen LogP contribution in [0.4, 0.5) is 10.2 Å². The van der Waals surface area contributed by atoms with E-state index in [1.54, 1.807) is 11.1 Å². The fourth-order valence-corrected chi connectivity index (χ4v) is 7.61. The van der Waals surface area contributed by atoms with Gasteiger partial charge in [0, 0.05) is 49.7 Å². The van der Waals surface area contributed by atoms with Crippen molar-refractivity contribution >= 4 is 17.6 Å². The molecule has 1 spiro atoms. The molecule has 10 heteroatoms. The highest BCUT2D eigenvalue weighted by Gasteiger charge is 2.49. The summed E-state index contributed by atoms with van der Waals surface area (Å²) in [6, 6.07) is 4.10. The van der Waals surface area contributed by atoms with Crippen LogP contribution in [0, 0.1) is 17.2 Å². The van der Waals surface area contributed by atoms with Crippen molar-refractivity contribution < 1.29 is 18.7 Å². The van der Waals surface area contributed by atoms with E-state index < -0.39 is 5.82 Å². The molecule has 1 aromatic heterocycles. The van der Waals surface area contributed by atoms with Gasteiger partial charge in [-0.2, -0.15) is 0 Å². The minimum atomic E-state index is -0.501. The number of hydrogen-bond donors (Lipinski definition) is 1. The topological polar surface area (TPSA) is 90.9 Å². The van der Waals surface area contributed by atoms with Crippen LogP contribution in [0.5, 0.6) is 11.5 Å². The molecule has 1 aromatic carbocycles. The highest BCUT2D eigenvalue weighted by molar-refractivity contribution is 5.97. The Morgan fingerprint density at radius 1 is 1.12 bits per heavy atom. The van der Waals surface area contributed by atoms with Crippen LogP contribution in [-0.2, 0) is 4.79 Å². The van der Waals surface area contributed by atoms with Gasteiger partial charge in [-0.05, 0) is 83.9 Å². The third-order valence-corrected chi connectivity index (χ3v) is 9.85. The number of likely N-dealkylation sites (tertiary alicyclic amines) is 1. The first-order chi connectivity index (χ1) is 20.5. The van der Waals surface area contributed by atoms with Crippen molar-refractivity contribution in [2.24, 2.45) is 11.3 Å². The summed E-state index contributed by atoms with van der Waals surface area (Å²) in [5, 5.41) is 3.56. The molecule has 1 saturated carbocycles. The molecule has 9 nitrogen and oxygen atoms in total. The molecule has 5 heterocycles. The van der Waals surface area contributed by atoms with Crippen molar-refractivity contribution in [3.63, 3.8) is 0 Å². The minimum absolute atomic E-state index is 0.0627. The fourth-order valence-electron chi connectivity index (χ4n) is 7.61. The van der Waals surface area contributed by atoms with E-state index in [-0.39, 0.29) is 52.7 Å². The molecule has 4 saturated heterocycles. The van der Waals surface area contributed by atoms with Gasteiger partial charge < -0.3 is 19.4 Å². The van der Waals surface area contributed by atoms with E-state index in [9.17, 15) is 14.0 Å². The Bertz CT molecular complexity index is 1390. The zero-order valence-corrected chi connectivity index (χ0v) is 25.7. The Labute approximate surface area is 253 Å². The van der Waals surface area contributed by atoms with E-state index >= 15 is 0 Å². The molecule has 4 aliphatic heterocycles. The molecule has 0 radical (unpaired) electrons. The Morgan fingerprint density at radius 2 is 1.84 bits per heavy atom. The molecular weight excluding hydrogens is 547 g/mol. The number of carbonyl (C=O) groups excluding carboxylic acids is 2. The number of anilines is 1. The van der Waals surface area contributed by atoms with Crippen LogP contribution in [0.1, 0.15) is 70.2 Å². The summed E-state index contributed by atoms with van der Waals surface area (Å²) in [6.45, 7) is 15.1. The molecule has 7 rings (SSSR count). The van der Waals surface area contributed by atoms with Gasteiger partial charge >= 0.3 is 0 Å². The van der Waals surface area contributed by atoms with Crippen molar-refractivity contribution in [1.82, 2.24) is 25.1 Å². The number of halogens is 1. The van der Waals surface area contributed by atoms with E-state index in [1.807, 2.05) is 27.7 Å². The number of amides is 2. The van der Waals surface area contributed by atoms with Crippen molar-refractivity contribution in [3.8, 4) is 11.5 Å². The average Bonchev–Trinajstić information content (AvgIpc) is 2.97. The molecule has 5 aliphatic rings. The summed E-state index contributed by atoms with van der Waals surface area (Å²) in [4.78, 5) is 41.6. The highest BCUT2D eigenvalue weighted by Crippen LogP contribution is 2.45. The van der Waals surface area contributed by atoms with Crippen molar-refractivity contribution in [2.75, 3.05) is 31.1 Å². The number of ether oxygens (including phenoxy) is 1. The lowest BCUT2D eigenvalue weighted by Gasteiger charge is -2.55. The molecule has 1 aliphatic carbocycles. The summed E-state index contributed by atoms with van der Waals surface area (Å²) < 4.78 is 20.6. The van der Waals surface area contributed by atoms with Gasteiger partial charge in [0.1, 0.15) is 17.9 Å². The number of benzene rings is 1. The maximum Gasteiger partial charge on any atom is 0.258 e. The van der Waals surface area contributed by atoms with Crippen molar-refractivity contribution in [2.45, 2.75) is 84.0 Å². The lowest BCUT2D eigenvalue weighted by Crippen LogP contribution is -2.64. The number of rotatable bonds is 7. The molecule has 5 fully saturated rings. The molecule has 0 unspecified atom stereocenters. The van der Waals surface area contributed by atoms with E-state index in [0.717, 1.165) is 58.3 Å². The van der Waals surface area contributed by atoms with E-state index in [2.05, 4.69) is 31.7 Å². The second kappa shape index (κ2) is 11.5. The van der Waals surface area contributed by atoms with Crippen LogP contribution in [0.2, 0.25) is 0 Å². The maximum atomic E-state index is 14.3. The largest absolute Gasteiger partial charge is 0.451 e. The molecule has 43 heavy (non-hydrogen) atoms. The summed E-state index contributed by atoms with van der Waals surface area (Å²) in [5.74, 6) is 1.16. The minimum Gasteiger partial charge on any atom is -0.451 e. The van der Waals surface area contributed by atoms with E-state index in [0.29, 0.717) is 17.5 Å². The Morgan fingerprint density at radius 3 is 2.47 bits per heavy atom. The Hall–Kier alpha value is -3.53. The summed E-state index contributed by atoms with van der Waals surface area (Å²) in [6.07, 6.45) is 8.13. The number of aromatic nitrogens is 2. The van der Waals surface area contributed by atoms with Gasteiger partial charge in [0.2, 0.25) is 5.91 Å². The molecule has 2 amide bonds. The first-order valence-corrected chi connectivity index (χ1v) is 15.6. The quantitative estimate of drug-likeness (QED) is 0.464. The number of hydrogen-bond acceptors (Lipinski definition) is 7. The highest BCUT2D eigenvalue weighted by atomic mass is 19.1. The van der Waals surface area contributed by atoms with Gasteiger partial charge in [-0.3, -0.25) is 14.9 Å². The van der Waals surface area contributed by atoms with Gasteiger partial charge in [-0.25, -0.2) is 14.4 Å². The van der Waals surface area contributed by atoms with Gasteiger partial charge in [0.05, 0.1) is 17.8 Å². The first-order valence-electron chi connectivity index (χ1n) is 15.6. The normalized spacial score (nSPS) is 24.4. The average molecular weight is 591 g/mol. The number of carbonyl (C=O) groups is 2. The monoisotopic (exact) mass is 590 g/mol. The molecule has 2 aromatic rings. The van der Waals surface area contributed by atoms with Gasteiger partial charge in [-0.15, -0.1) is 0 Å². The summed E-state index contributed by atoms with van der Waals surface area (Å²) in [7, 11) is 0. The van der Waals surface area contributed by atoms with E-state index in [1.165, 1.54) is 30.1 Å². The maximum absolute atomic E-state index is 14.3. The van der Waals surface area contributed by atoms with Gasteiger partial charge in [-0.1, -0.05) is 12.2 Å². The van der Waals surface area contributed by atoms with Crippen LogP contribution in [-0.4, -0.2) is 81.9 Å². The van der Waals surface area contributed by atoms with Gasteiger partial charge in [0.15, 0.2) is 11.6 Å². The third kappa shape index (κ3) is 5.61. The Kier molecular flexibility index (Phi) is 7.91. The molecule has 1 N–H and O–H groups in total. The summed E-state index contributed by atoms with van der Waals surface area (Å²) in [5.41, 5.74) is 1.54. The van der Waals surface area contributed by atoms with Crippen LogP contribution in [0.15, 0.2) is 42.9 Å². The molecule has 2 bridgehead atoms. The predicted molar refractivity (Wildman–Crippen MR) is 163 cm³/mol. The van der Waals surface area contributed by atoms with Crippen molar-refractivity contribution in [1.29, 1.82) is 0 Å². The SMILES string of the molecule is C=C1C[C@H]2CC[C@@H]1N[C@@H]2C(=O)N1CCC2(CC1)CN(c1ncncc1Oc1ccc(F)cc1C(=O)N(C(C)C)C(C)C)C2. The van der Waals surface area contributed by atoms with Crippen LogP contribution >= 0.6 is 0 Å². The van der Waals surface area contributed by atoms with Crippen LogP contribution in [0.25, 0.3) is 0 Å². The molecular formula is C33H43FN6O3. The summed E-state index contributed by atoms with van der Waals surface area (Å²) >= 11 is 0. The molecule has 3 atom stereocenters. The number of nitrogens with zero attached hydrogens (tertiary/aromatic N) is 5. The standard InChI is InChI=1S/C33H43FN6O3/c1-20(2)40(21(3)4)31(41)25-15-24(34)7-9-27(25)43-28-16-35-19-36-30(28)39-17-33(18-39)10-12-38(13-11-33)32(42)29-23-6-8-26(37-29)22(5)14-23/h7,9,15-16,19-21,23,26,29,37H,5-6,8,10-14,17-18H2,1-4H3/t23-,26+,29+/m1/s1. The number of nitrogens with one attached hydrogen (secondary N) is 1. The van der Waals surface area contributed by atoms with E-state index in [4.69, 9.17) is 4.74 Å². The fraction of sp³-hybridized carbons (Fsp3) is 0.576. The van der Waals surface area contributed by atoms with Gasteiger partial charge in [0.25, 0.3) is 5.91 Å². The predicted octanol–water partition coefficient (Wildman–Crippen LogP) is 4.79. The number of fused-ring (bicyclic) bond motifs is 3. The second-order valence-electron chi connectivity index (χ2n) is 13.4. The smallest absolute Gasteiger partial charge is 0.258 e. The Balaban J connectivity index is 1.11. The lowest BCUT2D eigenvalue weighted by atomic mass is 9.71. The zero-order valence-electron chi connectivity index (χ0n) is 25.7. The van der Waals surface area contributed by atoms with Crippen molar-refractivity contribution in [3.05, 3.63) is 54.3 Å². The molecule has 230 valence electrons. The van der Waals surface area contributed by atoms with Crippen LogP contribution in [0.3, 0.4) is 0 Å². The third-order valence-electron chi connectivity index (χ3n) is 9.85. The zero-order chi connectivity index (χ0) is 30.5. The van der Waals surface area contributed by atoms with Crippen LogP contribution < -0.4 is 15.0 Å². The second-order valence-corrected chi connectivity index (χ2v) is 13.4. The first kappa shape index (κ1) is 29.5. The lowest BCUT2D eigenvalue weighted by molar-refractivity contribution is -0.139.